The minimum absolute atomic E-state index is 0.156. The van der Waals surface area contributed by atoms with Crippen molar-refractivity contribution in [3.63, 3.8) is 0 Å². The number of hydrogen-bond donors (Lipinski definition) is 2. The zero-order valence-electron chi connectivity index (χ0n) is 23.6. The molecule has 1 heterocycles. The number of likely N-dealkylation sites (N-methyl/N-ethyl adjacent to an activating group) is 1. The van der Waals surface area contributed by atoms with Crippen LogP contribution in [-0.2, 0) is 9.84 Å². The smallest absolute Gasteiger partial charge is 0.255 e. The number of nitrogens with two attached hydrogens (primary N) is 1. The molecule has 2 rings (SSSR count). The van der Waals surface area contributed by atoms with Crippen molar-refractivity contribution < 1.29 is 31.7 Å². The number of carbonyl (C=O) groups is 1. The molecule has 1 aromatic carbocycles. The Labute approximate surface area is 163 Å². The van der Waals surface area contributed by atoms with Crippen molar-refractivity contribution in [3.05, 3.63) is 17.7 Å². The average molecular weight is 380 g/mol. The first kappa shape index (κ1) is 9.78. The summed E-state index contributed by atoms with van der Waals surface area (Å²) in [6, 6.07) is 1.00. The van der Waals surface area contributed by atoms with Gasteiger partial charge in [0.2, 0.25) is 0 Å². The summed E-state index contributed by atoms with van der Waals surface area (Å²) in [5.74, 6) is -1.07. The van der Waals surface area contributed by atoms with Gasteiger partial charge in [-0.05, 0) is 31.9 Å². The maximum absolute atomic E-state index is 12.9. The third kappa shape index (κ3) is 4.24. The maximum Gasteiger partial charge on any atom is 0.255 e. The number of anilines is 1. The highest BCUT2D eigenvalue weighted by molar-refractivity contribution is 7.91. The molecule has 1 unspecified atom stereocenters. The molecule has 1 amide bonds. The van der Waals surface area contributed by atoms with E-state index in [0.29, 0.717) is 12.8 Å². The van der Waals surface area contributed by atoms with Crippen LogP contribution in [0.4, 0.5) is 5.69 Å². The Morgan fingerprint density at radius 2 is 2.32 bits per heavy atom. The second-order valence-corrected chi connectivity index (χ2v) is 7.16. The monoisotopic (exact) mass is 379 g/mol. The van der Waals surface area contributed by atoms with E-state index < -0.39 is 58.3 Å². The van der Waals surface area contributed by atoms with Crippen molar-refractivity contribution in [1.82, 2.24) is 10.2 Å². The Kier molecular flexibility index (Phi) is 3.15. The van der Waals surface area contributed by atoms with Crippen LogP contribution in [-0.4, -0.2) is 57.7 Å². The highest BCUT2D eigenvalue weighted by Gasteiger charge is 2.25. The number of nitrogens with one attached hydrogen (secondary N) is 1. The number of nitrogens with zero attached hydrogens (tertiary/aromatic N) is 1. The van der Waals surface area contributed by atoms with E-state index in [1.807, 2.05) is 0 Å². The van der Waals surface area contributed by atoms with Crippen molar-refractivity contribution in [2.75, 3.05) is 38.1 Å². The summed E-state index contributed by atoms with van der Waals surface area (Å²) in [6.45, 7) is -9.14. The van der Waals surface area contributed by atoms with Crippen LogP contribution >= 0.6 is 0 Å². The van der Waals surface area contributed by atoms with Gasteiger partial charge in [-0.3, -0.25) is 9.69 Å². The standard InChI is InChI=1S/C17H27N3O4S/c1-4-20-8-6-7-12(20)11-19-17(21)13-9-16(25(22,23)5-2)14(18)10-15(13)24-3/h9-10,12H,4-8,11,18H2,1-3H3,(H,19,21)/i1D3,2D3,4D2,5D2. The quantitative estimate of drug-likeness (QED) is 0.692. The average Bonchev–Trinajstić information content (AvgIpc) is 3.19. The molecule has 1 atom stereocenters. The van der Waals surface area contributed by atoms with E-state index >= 15 is 0 Å². The van der Waals surface area contributed by atoms with Gasteiger partial charge < -0.3 is 15.8 Å². The van der Waals surface area contributed by atoms with Gasteiger partial charge in [0.1, 0.15) is 5.75 Å². The topological polar surface area (TPSA) is 102 Å². The van der Waals surface area contributed by atoms with Gasteiger partial charge in [-0.25, -0.2) is 8.42 Å². The largest absolute Gasteiger partial charge is 0.496 e. The second kappa shape index (κ2) is 8.05. The van der Waals surface area contributed by atoms with Crippen LogP contribution in [0.5, 0.6) is 5.75 Å². The van der Waals surface area contributed by atoms with E-state index in [4.69, 9.17) is 24.2 Å². The normalized spacial score (nSPS) is 26.4. The molecule has 1 saturated heterocycles. The first-order valence-electron chi connectivity index (χ1n) is 12.5. The van der Waals surface area contributed by atoms with Crippen LogP contribution in [0, 0.1) is 0 Å². The first-order valence-corrected chi connectivity index (χ1v) is 8.95. The Hall–Kier alpha value is -1.80. The van der Waals surface area contributed by atoms with Crippen molar-refractivity contribution in [1.29, 1.82) is 0 Å². The number of nitrogen functional groups attached to an aromatic ring is 1. The molecule has 8 heteroatoms. The van der Waals surface area contributed by atoms with Crippen LogP contribution in [0.25, 0.3) is 0 Å². The first-order chi connectivity index (χ1) is 15.7. The fourth-order valence-corrected chi connectivity index (χ4v) is 3.46. The van der Waals surface area contributed by atoms with Crippen LogP contribution in [0.3, 0.4) is 0 Å². The molecule has 0 aliphatic carbocycles. The third-order valence-corrected chi connectivity index (χ3v) is 5.22. The molecule has 0 spiro atoms. The summed E-state index contributed by atoms with van der Waals surface area (Å²) >= 11 is 0. The number of rotatable bonds is 7. The molecular formula is C17H27N3O4S. The summed E-state index contributed by atoms with van der Waals surface area (Å²) < 4.78 is 106. The van der Waals surface area contributed by atoms with Crippen LogP contribution < -0.4 is 15.8 Å². The molecule has 1 aliphatic rings. The Morgan fingerprint density at radius 3 is 3.00 bits per heavy atom. The van der Waals surface area contributed by atoms with E-state index in [1.165, 1.54) is 7.11 Å². The minimum Gasteiger partial charge on any atom is -0.496 e. The molecule has 0 bridgehead atoms. The molecule has 25 heavy (non-hydrogen) atoms. The molecule has 140 valence electrons. The number of carbonyl (C=O) groups excluding carboxylic acids is 1. The van der Waals surface area contributed by atoms with Gasteiger partial charge in [-0.1, -0.05) is 13.7 Å². The number of amides is 1. The fraction of sp³-hybridized carbons (Fsp3) is 0.588. The number of methoxy groups -OCH3 is 1. The lowest BCUT2D eigenvalue weighted by molar-refractivity contribution is 0.0938. The zero-order chi connectivity index (χ0) is 27.2. The van der Waals surface area contributed by atoms with Gasteiger partial charge in [-0.2, -0.15) is 0 Å². The predicted molar refractivity (Wildman–Crippen MR) is 97.7 cm³/mol. The lowest BCUT2D eigenvalue weighted by atomic mass is 10.1. The SMILES string of the molecule is [2H]C([2H])([2H])C([2H])([2H])N1CCCC1CNC(=O)c1cc(S(=O)(=O)C([2H])([2H])C([2H])([2H])[2H])c(N)cc1OC. The van der Waals surface area contributed by atoms with Crippen molar-refractivity contribution >= 4 is 21.4 Å². The maximum atomic E-state index is 12.9. The van der Waals surface area contributed by atoms with Gasteiger partial charge in [0, 0.05) is 32.4 Å². The van der Waals surface area contributed by atoms with E-state index in [0.717, 1.165) is 17.0 Å². The second-order valence-electron chi connectivity index (χ2n) is 5.51. The lowest BCUT2D eigenvalue weighted by Gasteiger charge is -2.23. The van der Waals surface area contributed by atoms with Crippen molar-refractivity contribution in [2.24, 2.45) is 0 Å². The van der Waals surface area contributed by atoms with E-state index in [1.54, 1.807) is 0 Å². The molecule has 1 fully saturated rings. The summed E-state index contributed by atoms with van der Waals surface area (Å²) in [5.41, 5.74) is 1.11. The van der Waals surface area contributed by atoms with E-state index in [-0.39, 0.29) is 24.4 Å². The van der Waals surface area contributed by atoms with Gasteiger partial charge in [0.05, 0.1) is 29.0 Å². The molecule has 3 N–H and O–H groups in total. The zero-order valence-corrected chi connectivity index (χ0v) is 14.4. The molecule has 0 saturated carbocycles. The van der Waals surface area contributed by atoms with Crippen molar-refractivity contribution in [2.45, 2.75) is 37.5 Å². The fourth-order valence-electron chi connectivity index (χ4n) is 2.71. The highest BCUT2D eigenvalue weighted by atomic mass is 32.2. The molecule has 1 aliphatic heterocycles. The summed E-state index contributed by atoms with van der Waals surface area (Å²) in [4.78, 5) is 13.1. The van der Waals surface area contributed by atoms with Crippen LogP contribution in [0.15, 0.2) is 17.0 Å². The number of likely N-dealkylation sites (tertiary alicyclic amines) is 1. The van der Waals surface area contributed by atoms with Gasteiger partial charge >= 0.3 is 0 Å². The summed E-state index contributed by atoms with van der Waals surface area (Å²) in [5, 5.41) is 2.48. The Bertz CT molecular complexity index is 1070. The number of ether oxygens (including phenoxy) is 1. The molecule has 1 aromatic rings. The number of sulfone groups is 1. The summed E-state index contributed by atoms with van der Waals surface area (Å²) in [6.07, 6.45) is 0.890. The van der Waals surface area contributed by atoms with Crippen LogP contribution in [0.2, 0.25) is 0 Å². The Balaban J connectivity index is 2.39. The third-order valence-electron chi connectivity index (χ3n) is 4.02. The lowest BCUT2D eigenvalue weighted by Crippen LogP contribution is -2.40. The molecule has 7 nitrogen and oxygen atoms in total. The van der Waals surface area contributed by atoms with Gasteiger partial charge in [0.15, 0.2) is 9.84 Å². The molecule has 0 aromatic heterocycles. The molecule has 0 radical (unpaired) electrons. The van der Waals surface area contributed by atoms with Crippen LogP contribution in [0.1, 0.15) is 50.6 Å². The van der Waals surface area contributed by atoms with Gasteiger partial charge in [0.25, 0.3) is 5.91 Å². The highest BCUT2D eigenvalue weighted by Crippen LogP contribution is 2.29. The van der Waals surface area contributed by atoms with Crippen molar-refractivity contribution in [3.8, 4) is 5.75 Å². The Morgan fingerprint density at radius 1 is 1.52 bits per heavy atom. The minimum atomic E-state index is -5.19. The van der Waals surface area contributed by atoms with E-state index in [2.05, 4.69) is 5.32 Å². The molecular weight excluding hydrogens is 342 g/mol. The van der Waals surface area contributed by atoms with E-state index in [9.17, 15) is 13.2 Å². The predicted octanol–water partition coefficient (Wildman–Crippen LogP) is 1.29. The van der Waals surface area contributed by atoms with Gasteiger partial charge in [-0.15, -0.1) is 0 Å². The summed E-state index contributed by atoms with van der Waals surface area (Å²) in [7, 11) is -4.02. The number of hydrogen-bond acceptors (Lipinski definition) is 6. The number of benzene rings is 1.